The van der Waals surface area contributed by atoms with Gasteiger partial charge in [0.15, 0.2) is 0 Å². The van der Waals surface area contributed by atoms with Crippen LogP contribution in [-0.4, -0.2) is 18.8 Å². The predicted octanol–water partition coefficient (Wildman–Crippen LogP) is 3.50. The molecular formula is C12H20F3N. The third kappa shape index (κ3) is 3.12. The van der Waals surface area contributed by atoms with Gasteiger partial charge in [0.2, 0.25) is 0 Å². The van der Waals surface area contributed by atoms with Crippen molar-refractivity contribution in [2.24, 2.45) is 11.8 Å². The Hall–Kier alpha value is -0.250. The zero-order valence-corrected chi connectivity index (χ0v) is 9.52. The van der Waals surface area contributed by atoms with E-state index in [0.717, 1.165) is 18.9 Å². The molecular weight excluding hydrogens is 215 g/mol. The molecule has 0 aliphatic heterocycles. The molecule has 16 heavy (non-hydrogen) atoms. The van der Waals surface area contributed by atoms with Crippen molar-refractivity contribution in [3.8, 4) is 0 Å². The fourth-order valence-electron chi connectivity index (χ4n) is 2.70. The van der Waals surface area contributed by atoms with Crippen LogP contribution in [-0.2, 0) is 0 Å². The van der Waals surface area contributed by atoms with E-state index in [1.807, 2.05) is 0 Å². The maximum Gasteiger partial charge on any atom is 0.391 e. The monoisotopic (exact) mass is 235 g/mol. The molecule has 4 heteroatoms. The summed E-state index contributed by atoms with van der Waals surface area (Å²) in [6.45, 7) is 0.926. The highest BCUT2D eigenvalue weighted by Gasteiger charge is 2.42. The van der Waals surface area contributed by atoms with E-state index in [1.54, 1.807) is 0 Å². The van der Waals surface area contributed by atoms with Crippen molar-refractivity contribution in [1.82, 2.24) is 5.32 Å². The Balaban J connectivity index is 1.73. The molecule has 94 valence electrons. The SMILES string of the molecule is FC(F)(F)C1CCCC(NCC2CCC2)C1. The molecule has 2 aliphatic rings. The quantitative estimate of drug-likeness (QED) is 0.789. The summed E-state index contributed by atoms with van der Waals surface area (Å²) in [5, 5.41) is 3.33. The molecule has 1 N–H and O–H groups in total. The van der Waals surface area contributed by atoms with Crippen LogP contribution in [0.1, 0.15) is 44.9 Å². The minimum Gasteiger partial charge on any atom is -0.314 e. The minimum atomic E-state index is -3.99. The van der Waals surface area contributed by atoms with Crippen LogP contribution < -0.4 is 5.32 Å². The Morgan fingerprint density at radius 3 is 2.25 bits per heavy atom. The molecule has 2 unspecified atom stereocenters. The molecule has 0 radical (unpaired) electrons. The first kappa shape index (κ1) is 12.2. The van der Waals surface area contributed by atoms with Crippen molar-refractivity contribution >= 4 is 0 Å². The molecule has 0 aromatic heterocycles. The maximum atomic E-state index is 12.6. The Morgan fingerprint density at radius 1 is 1.00 bits per heavy atom. The lowest BCUT2D eigenvalue weighted by Crippen LogP contribution is -2.41. The zero-order chi connectivity index (χ0) is 11.6. The summed E-state index contributed by atoms with van der Waals surface area (Å²) in [7, 11) is 0. The normalized spacial score (nSPS) is 32.4. The number of hydrogen-bond donors (Lipinski definition) is 1. The van der Waals surface area contributed by atoms with E-state index in [1.165, 1.54) is 19.3 Å². The summed E-state index contributed by atoms with van der Waals surface area (Å²) < 4.78 is 37.7. The Kier molecular flexibility index (Phi) is 3.77. The molecule has 2 atom stereocenters. The second-order valence-corrected chi connectivity index (χ2v) is 5.31. The summed E-state index contributed by atoms with van der Waals surface area (Å²) in [4.78, 5) is 0. The van der Waals surface area contributed by atoms with E-state index in [9.17, 15) is 13.2 Å². The smallest absolute Gasteiger partial charge is 0.314 e. The fourth-order valence-corrected chi connectivity index (χ4v) is 2.70. The van der Waals surface area contributed by atoms with Crippen LogP contribution in [0.5, 0.6) is 0 Å². The van der Waals surface area contributed by atoms with Gasteiger partial charge in [0.25, 0.3) is 0 Å². The van der Waals surface area contributed by atoms with E-state index in [2.05, 4.69) is 5.32 Å². The molecule has 0 bridgehead atoms. The van der Waals surface area contributed by atoms with Gasteiger partial charge in [-0.25, -0.2) is 0 Å². The molecule has 0 amide bonds. The first-order valence-corrected chi connectivity index (χ1v) is 6.36. The highest BCUT2D eigenvalue weighted by atomic mass is 19.4. The summed E-state index contributed by atoms with van der Waals surface area (Å²) in [6, 6.07) is 0.0981. The minimum absolute atomic E-state index is 0.0981. The first-order chi connectivity index (χ1) is 7.55. The average molecular weight is 235 g/mol. The predicted molar refractivity (Wildman–Crippen MR) is 57.1 cm³/mol. The van der Waals surface area contributed by atoms with Gasteiger partial charge in [-0.15, -0.1) is 0 Å². The lowest BCUT2D eigenvalue weighted by molar-refractivity contribution is -0.183. The van der Waals surface area contributed by atoms with E-state index in [-0.39, 0.29) is 12.5 Å². The van der Waals surface area contributed by atoms with Crippen LogP contribution in [0, 0.1) is 11.8 Å². The highest BCUT2D eigenvalue weighted by molar-refractivity contribution is 4.83. The van der Waals surface area contributed by atoms with Gasteiger partial charge in [0.05, 0.1) is 5.92 Å². The zero-order valence-electron chi connectivity index (χ0n) is 9.52. The lowest BCUT2D eigenvalue weighted by atomic mass is 9.83. The summed E-state index contributed by atoms with van der Waals surface area (Å²) in [6.07, 6.45) is 2.05. The topological polar surface area (TPSA) is 12.0 Å². The van der Waals surface area contributed by atoms with Crippen molar-refractivity contribution < 1.29 is 13.2 Å². The van der Waals surface area contributed by atoms with Crippen LogP contribution in [0.15, 0.2) is 0 Å². The van der Waals surface area contributed by atoms with Crippen molar-refractivity contribution in [1.29, 1.82) is 0 Å². The Bertz CT molecular complexity index is 223. The molecule has 0 spiro atoms. The molecule has 2 aliphatic carbocycles. The van der Waals surface area contributed by atoms with Gasteiger partial charge in [-0.2, -0.15) is 13.2 Å². The van der Waals surface area contributed by atoms with Crippen LogP contribution in [0.25, 0.3) is 0 Å². The maximum absolute atomic E-state index is 12.6. The van der Waals surface area contributed by atoms with Gasteiger partial charge in [-0.1, -0.05) is 12.8 Å². The van der Waals surface area contributed by atoms with E-state index in [0.29, 0.717) is 12.8 Å². The molecule has 2 rings (SSSR count). The lowest BCUT2D eigenvalue weighted by Gasteiger charge is -2.33. The number of halogens is 3. The summed E-state index contributed by atoms with van der Waals surface area (Å²) >= 11 is 0. The van der Waals surface area contributed by atoms with Gasteiger partial charge >= 0.3 is 6.18 Å². The third-order valence-corrected chi connectivity index (χ3v) is 4.06. The molecule has 0 saturated heterocycles. The van der Waals surface area contributed by atoms with Gasteiger partial charge < -0.3 is 5.32 Å². The number of nitrogens with one attached hydrogen (secondary N) is 1. The first-order valence-electron chi connectivity index (χ1n) is 6.36. The van der Waals surface area contributed by atoms with Gasteiger partial charge in [0.1, 0.15) is 0 Å². The summed E-state index contributed by atoms with van der Waals surface area (Å²) in [5.41, 5.74) is 0. The van der Waals surface area contributed by atoms with Crippen LogP contribution in [0.4, 0.5) is 13.2 Å². The molecule has 0 aromatic carbocycles. The van der Waals surface area contributed by atoms with E-state index < -0.39 is 12.1 Å². The van der Waals surface area contributed by atoms with Crippen molar-refractivity contribution in [2.75, 3.05) is 6.54 Å². The van der Waals surface area contributed by atoms with E-state index >= 15 is 0 Å². The van der Waals surface area contributed by atoms with Gasteiger partial charge in [-0.05, 0) is 44.6 Å². The largest absolute Gasteiger partial charge is 0.391 e. The average Bonchev–Trinajstić information content (AvgIpc) is 2.14. The van der Waals surface area contributed by atoms with Gasteiger partial charge in [-0.3, -0.25) is 0 Å². The van der Waals surface area contributed by atoms with E-state index in [4.69, 9.17) is 0 Å². The third-order valence-electron chi connectivity index (χ3n) is 4.06. The number of rotatable bonds is 3. The molecule has 2 saturated carbocycles. The fraction of sp³-hybridized carbons (Fsp3) is 1.00. The van der Waals surface area contributed by atoms with Crippen molar-refractivity contribution in [3.05, 3.63) is 0 Å². The second-order valence-electron chi connectivity index (χ2n) is 5.31. The number of alkyl halides is 3. The Morgan fingerprint density at radius 2 is 1.69 bits per heavy atom. The van der Waals surface area contributed by atoms with Crippen LogP contribution in [0.3, 0.4) is 0 Å². The van der Waals surface area contributed by atoms with Crippen LogP contribution >= 0.6 is 0 Å². The van der Waals surface area contributed by atoms with Crippen molar-refractivity contribution in [2.45, 2.75) is 57.2 Å². The standard InChI is InChI=1S/C12H20F3N/c13-12(14,15)10-5-2-6-11(7-10)16-8-9-3-1-4-9/h9-11,16H,1-8H2. The van der Waals surface area contributed by atoms with Gasteiger partial charge in [0, 0.05) is 6.04 Å². The molecule has 0 aromatic rings. The van der Waals surface area contributed by atoms with Crippen LogP contribution in [0.2, 0.25) is 0 Å². The molecule has 0 heterocycles. The molecule has 1 nitrogen and oxygen atoms in total. The van der Waals surface area contributed by atoms with Crippen molar-refractivity contribution in [3.63, 3.8) is 0 Å². The summed E-state index contributed by atoms with van der Waals surface area (Å²) in [5.74, 6) is -0.341. The highest BCUT2D eigenvalue weighted by Crippen LogP contribution is 2.37. The second kappa shape index (κ2) is 4.94. The number of hydrogen-bond acceptors (Lipinski definition) is 1. The Labute approximate surface area is 94.8 Å². The molecule has 2 fully saturated rings.